The van der Waals surface area contributed by atoms with Crippen molar-refractivity contribution in [1.82, 2.24) is 14.4 Å². The van der Waals surface area contributed by atoms with Crippen LogP contribution in [0.15, 0.2) is 59.7 Å². The first-order valence-corrected chi connectivity index (χ1v) is 9.08. The van der Waals surface area contributed by atoms with E-state index in [0.717, 1.165) is 9.79 Å². The maximum Gasteiger partial charge on any atom is 0.450 e. The molecule has 7 nitrogen and oxygen atoms in total. The molecule has 0 saturated heterocycles. The van der Waals surface area contributed by atoms with Crippen molar-refractivity contribution in [3.63, 3.8) is 0 Å². The second kappa shape index (κ2) is 7.71. The first-order chi connectivity index (χ1) is 14.8. The molecule has 1 aromatic carbocycles. The fraction of sp³-hybridized carbons (Fsp3) is 0.143. The fourth-order valence-corrected chi connectivity index (χ4v) is 3.15. The molecule has 0 aliphatic rings. The topological polar surface area (TPSA) is 85.6 Å². The first kappa shape index (κ1) is 20.3. The molecule has 0 spiro atoms. The molecular weight excluding hydrogens is 413 g/mol. The molecule has 10 heteroatoms. The quantitative estimate of drug-likeness (QED) is 0.522. The second-order valence-electron chi connectivity index (χ2n) is 6.65. The number of benzene rings is 1. The number of anilines is 2. The van der Waals surface area contributed by atoms with Crippen LogP contribution < -0.4 is 15.6 Å². The van der Waals surface area contributed by atoms with Gasteiger partial charge in [-0.2, -0.15) is 13.2 Å². The molecule has 4 rings (SSSR count). The van der Waals surface area contributed by atoms with E-state index in [1.54, 1.807) is 36.5 Å². The van der Waals surface area contributed by atoms with E-state index in [9.17, 15) is 22.8 Å². The number of ketones is 1. The zero-order valence-electron chi connectivity index (χ0n) is 16.1. The predicted octanol–water partition coefficient (Wildman–Crippen LogP) is 3.67. The molecule has 0 amide bonds. The number of nitrogens with zero attached hydrogens (tertiary/aromatic N) is 3. The van der Waals surface area contributed by atoms with Crippen molar-refractivity contribution < 1.29 is 22.7 Å². The van der Waals surface area contributed by atoms with Crippen LogP contribution in [0.2, 0.25) is 0 Å². The Balaban J connectivity index is 1.88. The van der Waals surface area contributed by atoms with Crippen LogP contribution in [-0.2, 0) is 11.2 Å². The van der Waals surface area contributed by atoms with Gasteiger partial charge in [-0.05, 0) is 36.4 Å². The summed E-state index contributed by atoms with van der Waals surface area (Å²) in [5.74, 6) is -1.95. The third kappa shape index (κ3) is 3.91. The van der Waals surface area contributed by atoms with Crippen molar-refractivity contribution in [2.24, 2.45) is 0 Å². The molecule has 0 bridgehead atoms. The number of alkyl halides is 3. The van der Waals surface area contributed by atoms with Crippen LogP contribution in [0.3, 0.4) is 0 Å². The summed E-state index contributed by atoms with van der Waals surface area (Å²) in [5.41, 5.74) is 0.0788. The smallest absolute Gasteiger partial charge is 0.450 e. The number of methoxy groups -OCH3 is 1. The van der Waals surface area contributed by atoms with Gasteiger partial charge >= 0.3 is 6.18 Å². The van der Waals surface area contributed by atoms with E-state index >= 15 is 0 Å². The van der Waals surface area contributed by atoms with Crippen molar-refractivity contribution >= 4 is 33.8 Å². The zero-order valence-corrected chi connectivity index (χ0v) is 16.1. The summed E-state index contributed by atoms with van der Waals surface area (Å²) in [7, 11) is 1.38. The van der Waals surface area contributed by atoms with Crippen LogP contribution in [0, 0.1) is 0 Å². The van der Waals surface area contributed by atoms with Crippen LogP contribution >= 0.6 is 0 Å². The molecule has 1 N–H and O–H groups in total. The van der Waals surface area contributed by atoms with Crippen molar-refractivity contribution in [3.8, 4) is 5.75 Å². The highest BCUT2D eigenvalue weighted by Crippen LogP contribution is 2.26. The minimum absolute atomic E-state index is 0.100. The molecule has 0 fully saturated rings. The lowest BCUT2D eigenvalue weighted by atomic mass is 10.1. The van der Waals surface area contributed by atoms with E-state index in [4.69, 9.17) is 4.74 Å². The van der Waals surface area contributed by atoms with E-state index in [1.165, 1.54) is 19.4 Å². The summed E-state index contributed by atoms with van der Waals surface area (Å²) in [6.07, 6.45) is -3.24. The SMILES string of the molecule is COc1cccn2c(=O)c(CC(=O)C(F)(F)F)c(Nc3ccc4ncccc4c3)nc12. The normalized spacial score (nSPS) is 11.6. The lowest BCUT2D eigenvalue weighted by Crippen LogP contribution is -2.30. The van der Waals surface area contributed by atoms with Gasteiger partial charge in [0.05, 0.1) is 18.2 Å². The van der Waals surface area contributed by atoms with Gasteiger partial charge in [0.25, 0.3) is 5.56 Å². The highest BCUT2D eigenvalue weighted by molar-refractivity contribution is 5.88. The maximum atomic E-state index is 13.0. The molecule has 0 aliphatic carbocycles. The molecule has 0 radical (unpaired) electrons. The fourth-order valence-electron chi connectivity index (χ4n) is 3.15. The van der Waals surface area contributed by atoms with Gasteiger partial charge in [-0.1, -0.05) is 6.07 Å². The standard InChI is InChI=1S/C21H15F3N4O3/c1-31-16-5-3-9-28-19(16)27-18(14(20(28)30)11-17(29)21(22,23)24)26-13-6-7-15-12(10-13)4-2-8-25-15/h2-10,26H,11H2,1H3. The van der Waals surface area contributed by atoms with Gasteiger partial charge in [0.2, 0.25) is 5.78 Å². The number of carbonyl (C=O) groups is 1. The average Bonchev–Trinajstić information content (AvgIpc) is 2.75. The molecule has 158 valence electrons. The Morgan fingerprint density at radius 3 is 2.74 bits per heavy atom. The number of fused-ring (bicyclic) bond motifs is 2. The predicted molar refractivity (Wildman–Crippen MR) is 108 cm³/mol. The molecule has 0 aliphatic heterocycles. The Morgan fingerprint density at radius 2 is 2.00 bits per heavy atom. The van der Waals surface area contributed by atoms with E-state index in [1.807, 2.05) is 6.07 Å². The highest BCUT2D eigenvalue weighted by Gasteiger charge is 2.39. The number of aromatic nitrogens is 3. The Morgan fingerprint density at radius 1 is 1.19 bits per heavy atom. The summed E-state index contributed by atoms with van der Waals surface area (Å²) in [4.78, 5) is 33.2. The van der Waals surface area contributed by atoms with Gasteiger partial charge in [-0.25, -0.2) is 4.98 Å². The van der Waals surface area contributed by atoms with Gasteiger partial charge in [-0.3, -0.25) is 19.0 Å². The summed E-state index contributed by atoms with van der Waals surface area (Å²) in [5, 5.41) is 3.65. The number of halogens is 3. The number of ether oxygens (including phenoxy) is 1. The number of hydrogen-bond donors (Lipinski definition) is 1. The number of pyridine rings is 2. The zero-order chi connectivity index (χ0) is 22.2. The largest absolute Gasteiger partial charge is 0.493 e. The minimum Gasteiger partial charge on any atom is -0.493 e. The summed E-state index contributed by atoms with van der Waals surface area (Å²) >= 11 is 0. The third-order valence-corrected chi connectivity index (χ3v) is 4.65. The summed E-state index contributed by atoms with van der Waals surface area (Å²) in [6.45, 7) is 0. The van der Waals surface area contributed by atoms with Crippen LogP contribution in [0.5, 0.6) is 5.75 Å². The molecular formula is C21H15F3N4O3. The Kier molecular flexibility index (Phi) is 5.05. The van der Waals surface area contributed by atoms with Crippen LogP contribution in [-0.4, -0.2) is 33.4 Å². The van der Waals surface area contributed by atoms with Crippen molar-refractivity contribution in [2.45, 2.75) is 12.6 Å². The van der Waals surface area contributed by atoms with Crippen LogP contribution in [0.25, 0.3) is 16.6 Å². The maximum absolute atomic E-state index is 13.0. The molecule has 0 atom stereocenters. The molecule has 3 heterocycles. The molecule has 3 aromatic heterocycles. The van der Waals surface area contributed by atoms with Gasteiger partial charge < -0.3 is 10.1 Å². The van der Waals surface area contributed by atoms with Crippen LogP contribution in [0.1, 0.15) is 5.56 Å². The van der Waals surface area contributed by atoms with Gasteiger partial charge in [0.1, 0.15) is 5.82 Å². The van der Waals surface area contributed by atoms with E-state index < -0.39 is 29.5 Å². The lowest BCUT2D eigenvalue weighted by Gasteiger charge is -2.14. The van der Waals surface area contributed by atoms with Crippen molar-refractivity contribution in [2.75, 3.05) is 12.4 Å². The minimum atomic E-state index is -5.08. The van der Waals surface area contributed by atoms with Gasteiger partial charge in [0, 0.05) is 29.9 Å². The summed E-state index contributed by atoms with van der Waals surface area (Å²) in [6, 6.07) is 11.7. The third-order valence-electron chi connectivity index (χ3n) is 4.65. The number of hydrogen-bond acceptors (Lipinski definition) is 6. The van der Waals surface area contributed by atoms with Crippen molar-refractivity contribution in [3.05, 3.63) is 70.8 Å². The van der Waals surface area contributed by atoms with Crippen LogP contribution in [0.4, 0.5) is 24.7 Å². The number of nitrogens with one attached hydrogen (secondary N) is 1. The van der Waals surface area contributed by atoms with E-state index in [2.05, 4.69) is 15.3 Å². The molecule has 0 saturated carbocycles. The molecule has 0 unspecified atom stereocenters. The second-order valence-corrected chi connectivity index (χ2v) is 6.65. The van der Waals surface area contributed by atoms with E-state index in [-0.39, 0.29) is 17.2 Å². The number of carbonyl (C=O) groups excluding carboxylic acids is 1. The molecule has 4 aromatic rings. The Labute approximate surface area is 173 Å². The van der Waals surface area contributed by atoms with Gasteiger partial charge in [0.15, 0.2) is 11.4 Å². The van der Waals surface area contributed by atoms with E-state index in [0.29, 0.717) is 11.2 Å². The lowest BCUT2D eigenvalue weighted by molar-refractivity contribution is -0.170. The monoisotopic (exact) mass is 428 g/mol. The highest BCUT2D eigenvalue weighted by atomic mass is 19.4. The Hall–Kier alpha value is -3.95. The molecule has 31 heavy (non-hydrogen) atoms. The van der Waals surface area contributed by atoms with Gasteiger partial charge in [-0.15, -0.1) is 0 Å². The number of rotatable bonds is 5. The average molecular weight is 428 g/mol. The Bertz CT molecular complexity index is 1370. The number of Topliss-reactive ketones (excluding diaryl/α,β-unsaturated/α-hetero) is 1. The van der Waals surface area contributed by atoms with Crippen molar-refractivity contribution in [1.29, 1.82) is 0 Å². The summed E-state index contributed by atoms with van der Waals surface area (Å²) < 4.78 is 45.0. The first-order valence-electron chi connectivity index (χ1n) is 9.08.